The van der Waals surface area contributed by atoms with Gasteiger partial charge in [0.1, 0.15) is 5.73 Å². The monoisotopic (exact) mass is 325 g/mol. The van der Waals surface area contributed by atoms with Crippen LogP contribution in [-0.4, -0.2) is 29.8 Å². The molecule has 0 atom stereocenters. The normalized spacial score (nSPS) is 26.0. The molecular formula is C17H29BFNO3. The Kier molecular flexibility index (Phi) is 4.73. The zero-order valence-corrected chi connectivity index (χ0v) is 15.4. The average molecular weight is 325 g/mol. The topological polar surface area (TPSA) is 47.6 Å². The lowest BCUT2D eigenvalue weighted by molar-refractivity contribution is -0.123. The maximum absolute atomic E-state index is 14.6. The Labute approximate surface area is 139 Å². The summed E-state index contributed by atoms with van der Waals surface area (Å²) in [5.41, 5.74) is -0.891. The Balaban J connectivity index is 1.89. The summed E-state index contributed by atoms with van der Waals surface area (Å²) >= 11 is 0. The number of nitrogens with one attached hydrogen (secondary N) is 1. The van der Waals surface area contributed by atoms with E-state index in [2.05, 4.69) is 5.32 Å². The van der Waals surface area contributed by atoms with Crippen molar-refractivity contribution in [2.45, 2.75) is 84.5 Å². The lowest BCUT2D eigenvalue weighted by atomic mass is 9.71. The van der Waals surface area contributed by atoms with Gasteiger partial charge in [-0.1, -0.05) is 0 Å². The summed E-state index contributed by atoms with van der Waals surface area (Å²) in [6.45, 7) is 13.5. The summed E-state index contributed by atoms with van der Waals surface area (Å²) in [6, 6.07) is 0. The first-order valence-electron chi connectivity index (χ1n) is 8.35. The van der Waals surface area contributed by atoms with Crippen molar-refractivity contribution in [2.24, 2.45) is 5.92 Å². The Morgan fingerprint density at radius 1 is 1.22 bits per heavy atom. The Morgan fingerprint density at radius 3 is 2.13 bits per heavy atom. The van der Waals surface area contributed by atoms with Gasteiger partial charge in [0.25, 0.3) is 0 Å². The van der Waals surface area contributed by atoms with Crippen LogP contribution < -0.4 is 5.32 Å². The molecule has 1 saturated carbocycles. The molecule has 1 N–H and O–H groups in total. The molecule has 0 spiro atoms. The summed E-state index contributed by atoms with van der Waals surface area (Å²) in [6.07, 6.45) is 1.65. The molecule has 0 unspecified atom stereocenters. The van der Waals surface area contributed by atoms with Gasteiger partial charge >= 0.3 is 7.12 Å². The van der Waals surface area contributed by atoms with Crippen LogP contribution in [0.3, 0.4) is 0 Å². The molecule has 1 aliphatic carbocycles. The third-order valence-electron chi connectivity index (χ3n) is 4.86. The van der Waals surface area contributed by atoms with Crippen LogP contribution in [0.4, 0.5) is 4.39 Å². The summed E-state index contributed by atoms with van der Waals surface area (Å²) in [4.78, 5) is 11.9. The third kappa shape index (κ3) is 4.15. The second-order valence-electron chi connectivity index (χ2n) is 8.82. The van der Waals surface area contributed by atoms with Crippen LogP contribution in [-0.2, 0) is 14.1 Å². The third-order valence-corrected chi connectivity index (χ3v) is 4.86. The molecule has 130 valence electrons. The average Bonchev–Trinajstić information content (AvgIpc) is 2.49. The van der Waals surface area contributed by atoms with E-state index in [4.69, 9.17) is 9.31 Å². The number of hydrogen-bond donors (Lipinski definition) is 1. The zero-order valence-electron chi connectivity index (χ0n) is 15.4. The van der Waals surface area contributed by atoms with Gasteiger partial charge in [-0.2, -0.15) is 0 Å². The van der Waals surface area contributed by atoms with Crippen LogP contribution >= 0.6 is 0 Å². The first-order chi connectivity index (χ1) is 10.3. The number of allylic oxidation sites excluding steroid dienone is 1. The lowest BCUT2D eigenvalue weighted by Crippen LogP contribution is -2.42. The van der Waals surface area contributed by atoms with E-state index in [1.165, 1.54) is 0 Å². The van der Waals surface area contributed by atoms with E-state index in [9.17, 15) is 9.18 Å². The SMILES string of the molecule is CC(C)(C)NC(=O)CC1CC(=C(F)B2OC(C)(C)C(C)(C)O2)C1. The fraction of sp³-hybridized carbons (Fsp3) is 0.824. The Morgan fingerprint density at radius 2 is 1.70 bits per heavy atom. The minimum Gasteiger partial charge on any atom is -0.398 e. The quantitative estimate of drug-likeness (QED) is 0.807. The van der Waals surface area contributed by atoms with Crippen molar-refractivity contribution >= 4 is 13.0 Å². The second-order valence-corrected chi connectivity index (χ2v) is 8.82. The van der Waals surface area contributed by atoms with Gasteiger partial charge in [-0.3, -0.25) is 4.79 Å². The van der Waals surface area contributed by atoms with Crippen LogP contribution in [0.1, 0.15) is 67.7 Å². The standard InChI is InChI=1S/C17H29BFNO3/c1-15(2,3)20-13(21)10-11-8-12(9-11)14(19)18-22-16(4,5)17(6,7)23-18/h11H,8-10H2,1-7H3,(H,20,21). The molecule has 0 radical (unpaired) electrons. The molecular weight excluding hydrogens is 296 g/mol. The molecule has 1 amide bonds. The smallest absolute Gasteiger partial charge is 0.398 e. The Bertz CT molecular complexity index is 498. The molecule has 2 aliphatic rings. The minimum atomic E-state index is -0.917. The van der Waals surface area contributed by atoms with Crippen molar-refractivity contribution in [1.82, 2.24) is 5.32 Å². The van der Waals surface area contributed by atoms with E-state index in [0.29, 0.717) is 19.3 Å². The summed E-state index contributed by atoms with van der Waals surface area (Å²) in [5.74, 6) is 0.234. The molecule has 1 saturated heterocycles. The van der Waals surface area contributed by atoms with Gasteiger partial charge in [-0.25, -0.2) is 4.39 Å². The van der Waals surface area contributed by atoms with Crippen molar-refractivity contribution in [3.8, 4) is 0 Å². The fourth-order valence-electron chi connectivity index (χ4n) is 2.82. The van der Waals surface area contributed by atoms with E-state index in [1.54, 1.807) is 0 Å². The van der Waals surface area contributed by atoms with Crippen LogP contribution in [0, 0.1) is 5.92 Å². The first kappa shape index (κ1) is 18.5. The highest BCUT2D eigenvalue weighted by Crippen LogP contribution is 2.43. The van der Waals surface area contributed by atoms with Gasteiger partial charge < -0.3 is 14.6 Å². The van der Waals surface area contributed by atoms with E-state index < -0.39 is 18.3 Å². The minimum absolute atomic E-state index is 0.0255. The van der Waals surface area contributed by atoms with Crippen molar-refractivity contribution in [1.29, 1.82) is 0 Å². The van der Waals surface area contributed by atoms with Crippen LogP contribution in [0.15, 0.2) is 11.3 Å². The number of hydrogen-bond acceptors (Lipinski definition) is 3. The van der Waals surface area contributed by atoms with Gasteiger partial charge in [-0.15, -0.1) is 0 Å². The predicted octanol–water partition coefficient (Wildman–Crippen LogP) is 3.56. The zero-order chi connectivity index (χ0) is 17.6. The van der Waals surface area contributed by atoms with E-state index in [-0.39, 0.29) is 23.1 Å². The number of amides is 1. The highest BCUT2D eigenvalue weighted by Gasteiger charge is 2.54. The summed E-state index contributed by atoms with van der Waals surface area (Å²) < 4.78 is 26.0. The van der Waals surface area contributed by atoms with Gasteiger partial charge in [0, 0.05) is 12.0 Å². The van der Waals surface area contributed by atoms with Crippen LogP contribution in [0.5, 0.6) is 0 Å². The maximum Gasteiger partial charge on any atom is 0.525 e. The van der Waals surface area contributed by atoms with E-state index in [1.807, 2.05) is 48.5 Å². The van der Waals surface area contributed by atoms with Gasteiger partial charge in [0.15, 0.2) is 0 Å². The van der Waals surface area contributed by atoms with Gasteiger partial charge in [0.05, 0.1) is 11.2 Å². The molecule has 6 heteroatoms. The molecule has 0 aromatic heterocycles. The highest BCUT2D eigenvalue weighted by atomic mass is 19.1. The molecule has 1 heterocycles. The second kappa shape index (κ2) is 5.89. The molecule has 0 aromatic rings. The Hall–Kier alpha value is -0.875. The maximum atomic E-state index is 14.6. The largest absolute Gasteiger partial charge is 0.525 e. The van der Waals surface area contributed by atoms with Gasteiger partial charge in [0.2, 0.25) is 5.91 Å². The molecule has 4 nitrogen and oxygen atoms in total. The number of rotatable bonds is 3. The molecule has 2 rings (SSSR count). The predicted molar refractivity (Wildman–Crippen MR) is 89.5 cm³/mol. The first-order valence-corrected chi connectivity index (χ1v) is 8.35. The molecule has 0 aromatic carbocycles. The highest BCUT2D eigenvalue weighted by molar-refractivity contribution is 6.53. The summed E-state index contributed by atoms with van der Waals surface area (Å²) in [7, 11) is -0.917. The molecule has 0 bridgehead atoms. The van der Waals surface area contributed by atoms with Crippen molar-refractivity contribution in [2.75, 3.05) is 0 Å². The van der Waals surface area contributed by atoms with Crippen molar-refractivity contribution in [3.63, 3.8) is 0 Å². The van der Waals surface area contributed by atoms with Crippen LogP contribution in [0.2, 0.25) is 0 Å². The molecule has 23 heavy (non-hydrogen) atoms. The van der Waals surface area contributed by atoms with E-state index in [0.717, 1.165) is 5.57 Å². The molecule has 2 fully saturated rings. The van der Waals surface area contributed by atoms with E-state index >= 15 is 0 Å². The number of halogens is 1. The van der Waals surface area contributed by atoms with Gasteiger partial charge in [-0.05, 0) is 72.8 Å². The fourth-order valence-corrected chi connectivity index (χ4v) is 2.82. The van der Waals surface area contributed by atoms with Crippen LogP contribution in [0.25, 0.3) is 0 Å². The number of carbonyl (C=O) groups excluding carboxylic acids is 1. The van der Waals surface area contributed by atoms with Crippen molar-refractivity contribution in [3.05, 3.63) is 11.3 Å². The molecule has 1 aliphatic heterocycles. The lowest BCUT2D eigenvalue weighted by Gasteiger charge is -2.32. The van der Waals surface area contributed by atoms with Crippen molar-refractivity contribution < 1.29 is 18.5 Å². The number of carbonyl (C=O) groups is 1. The summed E-state index contributed by atoms with van der Waals surface area (Å²) in [5, 5.41) is 2.94.